The number of nitrogens with one attached hydrogen (secondary N) is 1. The number of methoxy groups -OCH3 is 1. The summed E-state index contributed by atoms with van der Waals surface area (Å²) in [6, 6.07) is 19.5. The highest BCUT2D eigenvalue weighted by molar-refractivity contribution is 7.99. The van der Waals surface area contributed by atoms with E-state index in [9.17, 15) is 4.79 Å². The number of para-hydroxylation sites is 2. The number of amides is 1. The lowest BCUT2D eigenvalue weighted by atomic mass is 10.1. The molecule has 1 N–H and O–H groups in total. The molecule has 0 unspecified atom stereocenters. The summed E-state index contributed by atoms with van der Waals surface area (Å²) in [4.78, 5) is 12.8. The Kier molecular flexibility index (Phi) is 5.51. The van der Waals surface area contributed by atoms with Crippen LogP contribution in [0.2, 0.25) is 0 Å². The lowest BCUT2D eigenvalue weighted by Gasteiger charge is -2.12. The van der Waals surface area contributed by atoms with Crippen molar-refractivity contribution < 1.29 is 13.9 Å². The van der Waals surface area contributed by atoms with Gasteiger partial charge < -0.3 is 14.5 Å². The maximum Gasteiger partial charge on any atom is 0.234 e. The Hall–Kier alpha value is -3.78. The number of nitrogens with zero attached hydrogens (tertiary/aromatic N) is 3. The normalized spacial score (nSPS) is 11.2. The molecule has 3 aromatic carbocycles. The predicted molar refractivity (Wildman–Crippen MR) is 130 cm³/mol. The molecule has 8 heteroatoms. The van der Waals surface area contributed by atoms with Gasteiger partial charge in [-0.3, -0.25) is 9.36 Å². The van der Waals surface area contributed by atoms with Crippen molar-refractivity contribution in [3.05, 3.63) is 72.1 Å². The van der Waals surface area contributed by atoms with Gasteiger partial charge in [-0.1, -0.05) is 48.2 Å². The van der Waals surface area contributed by atoms with Gasteiger partial charge in [0.05, 0.1) is 24.2 Å². The Morgan fingerprint density at radius 2 is 1.82 bits per heavy atom. The maximum atomic E-state index is 12.8. The van der Waals surface area contributed by atoms with Crippen molar-refractivity contribution in [3.63, 3.8) is 0 Å². The molecule has 5 rings (SSSR count). The zero-order chi connectivity index (χ0) is 22.9. The quantitative estimate of drug-likeness (QED) is 0.337. The van der Waals surface area contributed by atoms with Crippen LogP contribution < -0.4 is 10.1 Å². The second-order valence-electron chi connectivity index (χ2n) is 7.64. The number of rotatable bonds is 6. The fourth-order valence-electron chi connectivity index (χ4n) is 3.86. The van der Waals surface area contributed by atoms with Gasteiger partial charge in [-0.2, -0.15) is 0 Å². The molecule has 166 valence electrons. The van der Waals surface area contributed by atoms with E-state index in [4.69, 9.17) is 9.15 Å². The monoisotopic (exact) mass is 458 g/mol. The zero-order valence-electron chi connectivity index (χ0n) is 18.5. The fourth-order valence-corrected chi connectivity index (χ4v) is 4.65. The molecule has 1 amide bonds. The van der Waals surface area contributed by atoms with E-state index in [1.165, 1.54) is 11.8 Å². The Balaban J connectivity index is 1.37. The molecular formula is C25H22N4O3S. The van der Waals surface area contributed by atoms with Gasteiger partial charge in [0.2, 0.25) is 5.91 Å². The minimum atomic E-state index is -0.175. The predicted octanol–water partition coefficient (Wildman–Crippen LogP) is 5.52. The molecule has 2 aromatic heterocycles. The van der Waals surface area contributed by atoms with Gasteiger partial charge in [0.1, 0.15) is 22.7 Å². The van der Waals surface area contributed by atoms with Crippen LogP contribution in [0, 0.1) is 13.8 Å². The van der Waals surface area contributed by atoms with E-state index in [0.717, 1.165) is 33.4 Å². The van der Waals surface area contributed by atoms with Crippen molar-refractivity contribution in [1.82, 2.24) is 14.8 Å². The average molecular weight is 459 g/mol. The van der Waals surface area contributed by atoms with Crippen LogP contribution in [0.5, 0.6) is 5.75 Å². The Morgan fingerprint density at radius 1 is 1.03 bits per heavy atom. The van der Waals surface area contributed by atoms with Crippen LogP contribution in [0.15, 0.2) is 70.2 Å². The van der Waals surface area contributed by atoms with Crippen molar-refractivity contribution in [1.29, 1.82) is 0 Å². The Labute approximate surface area is 194 Å². The van der Waals surface area contributed by atoms with Gasteiger partial charge in [0.15, 0.2) is 5.16 Å². The minimum absolute atomic E-state index is 0.172. The summed E-state index contributed by atoms with van der Waals surface area (Å²) < 4.78 is 13.5. The third-order valence-electron chi connectivity index (χ3n) is 5.46. The first-order chi connectivity index (χ1) is 16.0. The number of aryl methyl sites for hydroxylation is 2. The number of fused-ring (bicyclic) bond motifs is 3. The van der Waals surface area contributed by atoms with Gasteiger partial charge >= 0.3 is 0 Å². The molecule has 0 bridgehead atoms. The van der Waals surface area contributed by atoms with Crippen LogP contribution in [0.3, 0.4) is 0 Å². The first-order valence-corrected chi connectivity index (χ1v) is 11.4. The van der Waals surface area contributed by atoms with Crippen LogP contribution in [0.4, 0.5) is 5.69 Å². The van der Waals surface area contributed by atoms with Gasteiger partial charge in [-0.25, -0.2) is 0 Å². The largest absolute Gasteiger partial charge is 0.495 e. The van der Waals surface area contributed by atoms with Gasteiger partial charge in [-0.05, 0) is 37.6 Å². The highest BCUT2D eigenvalue weighted by atomic mass is 32.2. The number of aromatic nitrogens is 3. The molecule has 0 radical (unpaired) electrons. The van der Waals surface area contributed by atoms with E-state index in [-0.39, 0.29) is 11.7 Å². The van der Waals surface area contributed by atoms with E-state index in [1.807, 2.05) is 73.0 Å². The van der Waals surface area contributed by atoms with E-state index >= 15 is 0 Å². The second kappa shape index (κ2) is 8.63. The smallest absolute Gasteiger partial charge is 0.234 e. The molecule has 33 heavy (non-hydrogen) atoms. The molecule has 5 aromatic rings. The first kappa shape index (κ1) is 21.1. The van der Waals surface area contributed by atoms with Gasteiger partial charge in [0.25, 0.3) is 0 Å². The van der Waals surface area contributed by atoms with Crippen LogP contribution in [0.1, 0.15) is 11.4 Å². The number of carbonyl (C=O) groups is 1. The van der Waals surface area contributed by atoms with Crippen LogP contribution >= 0.6 is 11.8 Å². The number of furan rings is 1. The second-order valence-corrected chi connectivity index (χ2v) is 8.58. The molecule has 2 heterocycles. The topological polar surface area (TPSA) is 82.2 Å². The van der Waals surface area contributed by atoms with E-state index < -0.39 is 0 Å². The van der Waals surface area contributed by atoms with Crippen molar-refractivity contribution >= 4 is 45.3 Å². The fraction of sp³-hybridized carbons (Fsp3) is 0.160. The molecule has 0 aliphatic heterocycles. The molecule has 0 fully saturated rings. The molecule has 0 atom stereocenters. The molecule has 7 nitrogen and oxygen atoms in total. The number of hydrogen-bond acceptors (Lipinski definition) is 6. The molecular weight excluding hydrogens is 436 g/mol. The van der Waals surface area contributed by atoms with E-state index in [2.05, 4.69) is 15.5 Å². The number of hydrogen-bond donors (Lipinski definition) is 1. The molecule has 0 aliphatic rings. The summed E-state index contributed by atoms with van der Waals surface area (Å²) in [7, 11) is 1.58. The van der Waals surface area contributed by atoms with Crippen molar-refractivity contribution in [3.8, 4) is 11.4 Å². The minimum Gasteiger partial charge on any atom is -0.495 e. The Morgan fingerprint density at radius 3 is 2.64 bits per heavy atom. The lowest BCUT2D eigenvalue weighted by Crippen LogP contribution is -2.15. The highest BCUT2D eigenvalue weighted by Crippen LogP contribution is 2.36. The maximum absolute atomic E-state index is 12.8. The lowest BCUT2D eigenvalue weighted by molar-refractivity contribution is -0.113. The molecule has 0 spiro atoms. The van der Waals surface area contributed by atoms with Gasteiger partial charge in [0, 0.05) is 16.8 Å². The standard InChI is InChI=1S/C25H22N4O3S/c1-15-8-4-6-10-20(15)29-16(2)27-28-25(29)33-14-24(30)26-19-13-22-18(12-23(19)31-3)17-9-5-7-11-21(17)32-22/h4-13H,14H2,1-3H3,(H,26,30). The third-order valence-corrected chi connectivity index (χ3v) is 6.39. The number of benzene rings is 3. The summed E-state index contributed by atoms with van der Waals surface area (Å²) in [5.74, 6) is 1.34. The summed E-state index contributed by atoms with van der Waals surface area (Å²) in [6.07, 6.45) is 0. The Bertz CT molecular complexity index is 1490. The molecule has 0 saturated carbocycles. The molecule has 0 aliphatic carbocycles. The first-order valence-electron chi connectivity index (χ1n) is 10.4. The zero-order valence-corrected chi connectivity index (χ0v) is 19.3. The summed E-state index contributed by atoms with van der Waals surface area (Å²) in [5.41, 5.74) is 4.15. The van der Waals surface area contributed by atoms with Crippen LogP contribution in [0.25, 0.3) is 27.6 Å². The summed E-state index contributed by atoms with van der Waals surface area (Å²) in [6.45, 7) is 3.94. The SMILES string of the molecule is COc1cc2c(cc1NC(=O)CSc1nnc(C)n1-c1ccccc1C)oc1ccccc12. The number of carbonyl (C=O) groups excluding carboxylic acids is 1. The van der Waals surface area contributed by atoms with Gasteiger partial charge in [-0.15, -0.1) is 10.2 Å². The third kappa shape index (κ3) is 3.93. The number of thioether (sulfide) groups is 1. The van der Waals surface area contributed by atoms with Crippen LogP contribution in [-0.4, -0.2) is 33.5 Å². The summed E-state index contributed by atoms with van der Waals surface area (Å²) >= 11 is 1.33. The molecule has 0 saturated heterocycles. The van der Waals surface area contributed by atoms with Crippen molar-refractivity contribution in [2.24, 2.45) is 0 Å². The number of anilines is 1. The highest BCUT2D eigenvalue weighted by Gasteiger charge is 2.17. The summed E-state index contributed by atoms with van der Waals surface area (Å²) in [5, 5.41) is 14.0. The van der Waals surface area contributed by atoms with Crippen molar-refractivity contribution in [2.75, 3.05) is 18.2 Å². The average Bonchev–Trinajstić information content (AvgIpc) is 3.37. The van der Waals surface area contributed by atoms with Crippen molar-refractivity contribution in [2.45, 2.75) is 19.0 Å². The number of ether oxygens (including phenoxy) is 1. The van der Waals surface area contributed by atoms with E-state index in [1.54, 1.807) is 13.2 Å². The van der Waals surface area contributed by atoms with E-state index in [0.29, 0.717) is 22.2 Å². The van der Waals surface area contributed by atoms with Crippen LogP contribution in [-0.2, 0) is 4.79 Å².